The summed E-state index contributed by atoms with van der Waals surface area (Å²) >= 11 is 0. The Bertz CT molecular complexity index is 242. The van der Waals surface area contributed by atoms with Crippen molar-refractivity contribution in [3.63, 3.8) is 0 Å². The van der Waals surface area contributed by atoms with Gasteiger partial charge in [0, 0.05) is 20.8 Å². The van der Waals surface area contributed by atoms with Crippen molar-refractivity contribution in [2.24, 2.45) is 11.3 Å². The highest BCUT2D eigenvalue weighted by Gasteiger charge is 2.45. The molecule has 2 unspecified atom stereocenters. The molecule has 0 aliphatic heterocycles. The van der Waals surface area contributed by atoms with E-state index in [1.807, 2.05) is 0 Å². The molecule has 0 fully saturated rings. The minimum atomic E-state index is -1.40. The molecule has 0 heterocycles. The topological polar surface area (TPSA) is 75.6 Å². The molecule has 5 heteroatoms. The van der Waals surface area contributed by atoms with Crippen LogP contribution in [0.15, 0.2) is 0 Å². The zero-order chi connectivity index (χ0) is 12.1. The van der Waals surface area contributed by atoms with Crippen LogP contribution in [0.3, 0.4) is 0 Å². The number of hydrogen-bond acceptors (Lipinski definition) is 3. The van der Waals surface area contributed by atoms with Crippen LogP contribution in [-0.4, -0.2) is 37.7 Å². The van der Waals surface area contributed by atoms with Crippen LogP contribution in [0.2, 0.25) is 0 Å². The van der Waals surface area contributed by atoms with E-state index in [2.05, 4.69) is 5.32 Å². The Kier molecular flexibility index (Phi) is 5.28. The third kappa shape index (κ3) is 2.92. The molecule has 2 N–H and O–H groups in total. The van der Waals surface area contributed by atoms with Gasteiger partial charge in [-0.15, -0.1) is 0 Å². The van der Waals surface area contributed by atoms with Crippen molar-refractivity contribution < 1.29 is 19.4 Å². The number of carboxylic acids is 1. The van der Waals surface area contributed by atoms with E-state index in [-0.39, 0.29) is 5.92 Å². The maximum Gasteiger partial charge on any atom is 0.319 e. The molecule has 0 bridgehead atoms. The summed E-state index contributed by atoms with van der Waals surface area (Å²) < 4.78 is 4.88. The molecule has 0 saturated heterocycles. The van der Waals surface area contributed by atoms with Gasteiger partial charge in [-0.1, -0.05) is 6.92 Å². The first kappa shape index (κ1) is 13.9. The second-order valence-electron chi connectivity index (χ2n) is 3.77. The number of ether oxygens (including phenoxy) is 1. The molecule has 0 aliphatic rings. The summed E-state index contributed by atoms with van der Waals surface area (Å²) in [6, 6.07) is 0. The third-order valence-corrected chi connectivity index (χ3v) is 2.88. The van der Waals surface area contributed by atoms with Crippen LogP contribution in [0.1, 0.15) is 20.3 Å². The SMILES string of the molecule is CNC(=O)C(C)(C(=O)O)C(C)CCOC. The quantitative estimate of drug-likeness (QED) is 0.635. The van der Waals surface area contributed by atoms with Crippen LogP contribution in [-0.2, 0) is 14.3 Å². The number of methoxy groups -OCH3 is 1. The fourth-order valence-corrected chi connectivity index (χ4v) is 1.37. The van der Waals surface area contributed by atoms with Gasteiger partial charge in [0.25, 0.3) is 0 Å². The maximum atomic E-state index is 11.5. The van der Waals surface area contributed by atoms with Gasteiger partial charge in [0.05, 0.1) is 0 Å². The second-order valence-corrected chi connectivity index (χ2v) is 3.77. The summed E-state index contributed by atoms with van der Waals surface area (Å²) in [5.41, 5.74) is -1.40. The number of nitrogens with one attached hydrogen (secondary N) is 1. The smallest absolute Gasteiger partial charge is 0.319 e. The van der Waals surface area contributed by atoms with Gasteiger partial charge in [-0.05, 0) is 19.3 Å². The first-order valence-electron chi connectivity index (χ1n) is 4.85. The lowest BCUT2D eigenvalue weighted by Gasteiger charge is -2.29. The number of rotatable bonds is 6. The lowest BCUT2D eigenvalue weighted by Crippen LogP contribution is -2.47. The van der Waals surface area contributed by atoms with Gasteiger partial charge in [-0.3, -0.25) is 9.59 Å². The van der Waals surface area contributed by atoms with Gasteiger partial charge >= 0.3 is 5.97 Å². The molecular formula is C10H19NO4. The van der Waals surface area contributed by atoms with E-state index in [4.69, 9.17) is 9.84 Å². The van der Waals surface area contributed by atoms with Crippen molar-refractivity contribution in [1.29, 1.82) is 0 Å². The Hall–Kier alpha value is -1.10. The van der Waals surface area contributed by atoms with Crippen LogP contribution in [0.4, 0.5) is 0 Å². The number of carbonyl (C=O) groups is 2. The van der Waals surface area contributed by atoms with E-state index in [1.54, 1.807) is 14.0 Å². The Balaban J connectivity index is 4.78. The summed E-state index contributed by atoms with van der Waals surface area (Å²) in [6.07, 6.45) is 0.534. The highest BCUT2D eigenvalue weighted by molar-refractivity contribution is 6.01. The van der Waals surface area contributed by atoms with Crippen molar-refractivity contribution in [2.75, 3.05) is 20.8 Å². The minimum absolute atomic E-state index is 0.283. The lowest BCUT2D eigenvalue weighted by atomic mass is 9.75. The van der Waals surface area contributed by atoms with E-state index >= 15 is 0 Å². The number of aliphatic carboxylic acids is 1. The predicted octanol–water partition coefficient (Wildman–Crippen LogP) is 0.496. The standard InChI is InChI=1S/C10H19NO4/c1-7(5-6-15-4)10(2,9(13)14)8(12)11-3/h7H,5-6H2,1-4H3,(H,11,12)(H,13,14). The van der Waals surface area contributed by atoms with Crippen LogP contribution >= 0.6 is 0 Å². The average Bonchev–Trinajstić information content (AvgIpc) is 2.22. The fraction of sp³-hybridized carbons (Fsp3) is 0.800. The highest BCUT2D eigenvalue weighted by atomic mass is 16.5. The molecule has 15 heavy (non-hydrogen) atoms. The number of carbonyl (C=O) groups excluding carboxylic acids is 1. The van der Waals surface area contributed by atoms with E-state index in [0.29, 0.717) is 13.0 Å². The lowest BCUT2D eigenvalue weighted by molar-refractivity contribution is -0.158. The van der Waals surface area contributed by atoms with Crippen LogP contribution in [0.25, 0.3) is 0 Å². The Morgan fingerprint density at radius 1 is 1.53 bits per heavy atom. The van der Waals surface area contributed by atoms with E-state index < -0.39 is 17.3 Å². The summed E-state index contributed by atoms with van der Waals surface area (Å²) in [7, 11) is 2.98. The second kappa shape index (κ2) is 5.70. The van der Waals surface area contributed by atoms with Crippen molar-refractivity contribution in [3.8, 4) is 0 Å². The summed E-state index contributed by atoms with van der Waals surface area (Å²) in [5, 5.41) is 11.5. The number of amides is 1. The molecule has 88 valence electrons. The van der Waals surface area contributed by atoms with Gasteiger partial charge in [0.15, 0.2) is 0 Å². The summed E-state index contributed by atoms with van der Waals surface area (Å²) in [6.45, 7) is 3.62. The molecule has 0 rings (SSSR count). The maximum absolute atomic E-state index is 11.5. The van der Waals surface area contributed by atoms with Crippen LogP contribution < -0.4 is 5.32 Å². The Morgan fingerprint density at radius 3 is 2.40 bits per heavy atom. The monoisotopic (exact) mass is 217 g/mol. The normalized spacial score (nSPS) is 16.5. The van der Waals surface area contributed by atoms with Crippen molar-refractivity contribution in [3.05, 3.63) is 0 Å². The zero-order valence-corrected chi connectivity index (χ0v) is 9.66. The van der Waals surface area contributed by atoms with Crippen molar-refractivity contribution in [2.45, 2.75) is 20.3 Å². The largest absolute Gasteiger partial charge is 0.480 e. The number of carboxylic acid groups (broad SMARTS) is 1. The molecule has 0 aromatic heterocycles. The Morgan fingerprint density at radius 2 is 2.07 bits per heavy atom. The van der Waals surface area contributed by atoms with Crippen LogP contribution in [0, 0.1) is 11.3 Å². The van der Waals surface area contributed by atoms with Crippen LogP contribution in [0.5, 0.6) is 0 Å². The zero-order valence-electron chi connectivity index (χ0n) is 9.66. The molecular weight excluding hydrogens is 198 g/mol. The molecule has 1 amide bonds. The van der Waals surface area contributed by atoms with E-state index in [1.165, 1.54) is 14.0 Å². The Labute approximate surface area is 89.8 Å². The average molecular weight is 217 g/mol. The first-order valence-corrected chi connectivity index (χ1v) is 4.85. The molecule has 0 saturated carbocycles. The molecule has 2 atom stereocenters. The molecule has 0 aromatic carbocycles. The van der Waals surface area contributed by atoms with Gasteiger partial charge in [-0.25, -0.2) is 0 Å². The molecule has 5 nitrogen and oxygen atoms in total. The van der Waals surface area contributed by atoms with Gasteiger partial charge < -0.3 is 15.2 Å². The molecule has 0 aliphatic carbocycles. The fourth-order valence-electron chi connectivity index (χ4n) is 1.37. The third-order valence-electron chi connectivity index (χ3n) is 2.88. The van der Waals surface area contributed by atoms with Gasteiger partial charge in [0.2, 0.25) is 5.91 Å². The van der Waals surface area contributed by atoms with E-state index in [0.717, 1.165) is 0 Å². The van der Waals surface area contributed by atoms with Gasteiger partial charge in [-0.2, -0.15) is 0 Å². The number of hydrogen-bond donors (Lipinski definition) is 2. The molecule has 0 aromatic rings. The summed E-state index contributed by atoms with van der Waals surface area (Å²) in [4.78, 5) is 22.7. The van der Waals surface area contributed by atoms with Crippen molar-refractivity contribution in [1.82, 2.24) is 5.32 Å². The minimum Gasteiger partial charge on any atom is -0.480 e. The first-order chi connectivity index (χ1) is 6.91. The van der Waals surface area contributed by atoms with Crippen molar-refractivity contribution >= 4 is 11.9 Å². The summed E-state index contributed by atoms with van der Waals surface area (Å²) in [5.74, 6) is -1.86. The van der Waals surface area contributed by atoms with Gasteiger partial charge in [0.1, 0.15) is 5.41 Å². The van der Waals surface area contributed by atoms with E-state index in [9.17, 15) is 9.59 Å². The highest BCUT2D eigenvalue weighted by Crippen LogP contribution is 2.30. The molecule has 0 spiro atoms. The molecule has 0 radical (unpaired) electrons. The predicted molar refractivity (Wildman–Crippen MR) is 55.5 cm³/mol.